The van der Waals surface area contributed by atoms with Crippen LogP contribution in [-0.2, 0) is 11.3 Å². The lowest BCUT2D eigenvalue weighted by Gasteiger charge is -2.28. The van der Waals surface area contributed by atoms with Gasteiger partial charge in [-0.05, 0) is 49.0 Å². The number of pyridine rings is 1. The summed E-state index contributed by atoms with van der Waals surface area (Å²) in [7, 11) is 0. The lowest BCUT2D eigenvalue weighted by atomic mass is 9.86. The second kappa shape index (κ2) is 8.22. The van der Waals surface area contributed by atoms with Crippen LogP contribution in [0.15, 0.2) is 36.6 Å². The lowest BCUT2D eigenvalue weighted by molar-refractivity contribution is 0.0333. The first-order valence-electron chi connectivity index (χ1n) is 11.1. The van der Waals surface area contributed by atoms with Gasteiger partial charge in [0.25, 0.3) is 0 Å². The fourth-order valence-electron chi connectivity index (χ4n) is 4.94. The molecule has 1 aliphatic heterocycles. The van der Waals surface area contributed by atoms with Crippen LogP contribution < -0.4 is 0 Å². The van der Waals surface area contributed by atoms with Gasteiger partial charge >= 0.3 is 0 Å². The van der Waals surface area contributed by atoms with E-state index in [9.17, 15) is 0 Å². The number of hydrogen-bond acceptors (Lipinski definition) is 3. The molecule has 1 saturated heterocycles. The maximum absolute atomic E-state index is 5.57. The van der Waals surface area contributed by atoms with E-state index in [0.717, 1.165) is 51.3 Å². The smallest absolute Gasteiger partial charge is 0.137 e. The third-order valence-electron chi connectivity index (χ3n) is 6.55. The normalized spacial score (nSPS) is 21.9. The molecule has 0 aromatic carbocycles. The Morgan fingerprint density at radius 2 is 1.89 bits per heavy atom. The molecule has 5 rings (SSSR count). The minimum absolute atomic E-state index is 0.627. The van der Waals surface area contributed by atoms with Gasteiger partial charge in [-0.15, -0.1) is 0 Å². The van der Waals surface area contributed by atoms with Crippen molar-refractivity contribution in [3.63, 3.8) is 0 Å². The van der Waals surface area contributed by atoms with Crippen molar-refractivity contribution in [2.75, 3.05) is 26.3 Å². The molecule has 28 heavy (non-hydrogen) atoms. The van der Waals surface area contributed by atoms with E-state index in [-0.39, 0.29) is 0 Å². The summed E-state index contributed by atoms with van der Waals surface area (Å²) >= 11 is 0. The maximum Gasteiger partial charge on any atom is 0.137 e. The summed E-state index contributed by atoms with van der Waals surface area (Å²) < 4.78 is 7.96. The number of allylic oxidation sites excluding steroid dienone is 4. The monoisotopic (exact) mass is 377 g/mol. The van der Waals surface area contributed by atoms with Gasteiger partial charge < -0.3 is 9.14 Å². The zero-order valence-electron chi connectivity index (χ0n) is 16.8. The molecule has 0 N–H and O–H groups in total. The van der Waals surface area contributed by atoms with Gasteiger partial charge in [-0.1, -0.05) is 37.5 Å². The standard InChI is InChI=1S/C24H31N3O/c1-3-7-19(8-4-1)21-11-12-23-25-24(20-9-5-2-6-10-20)22(27(23)17-21)18-26-13-15-28-16-14-26/h3,7-8,11-12,17,20H,1-2,4-6,9-10,13-16,18H2. The quantitative estimate of drug-likeness (QED) is 0.755. The van der Waals surface area contributed by atoms with Crippen LogP contribution in [0, 0.1) is 0 Å². The number of imidazole rings is 1. The minimum atomic E-state index is 0.627. The van der Waals surface area contributed by atoms with Crippen molar-refractivity contribution >= 4 is 11.2 Å². The first kappa shape index (κ1) is 18.1. The van der Waals surface area contributed by atoms with Crippen molar-refractivity contribution in [3.8, 4) is 0 Å². The summed E-state index contributed by atoms with van der Waals surface area (Å²) in [6.45, 7) is 4.71. The average Bonchev–Trinajstić information content (AvgIpc) is 3.13. The zero-order valence-corrected chi connectivity index (χ0v) is 16.8. The van der Waals surface area contributed by atoms with Gasteiger partial charge in [0.1, 0.15) is 5.65 Å². The highest BCUT2D eigenvalue weighted by molar-refractivity contribution is 5.75. The molecule has 0 bridgehead atoms. The summed E-state index contributed by atoms with van der Waals surface area (Å²) in [5.74, 6) is 0.627. The third kappa shape index (κ3) is 3.68. The second-order valence-corrected chi connectivity index (χ2v) is 8.45. The fourth-order valence-corrected chi connectivity index (χ4v) is 4.94. The van der Waals surface area contributed by atoms with Gasteiger partial charge in [-0.2, -0.15) is 0 Å². The molecule has 0 amide bonds. The van der Waals surface area contributed by atoms with E-state index in [2.05, 4.69) is 45.9 Å². The van der Waals surface area contributed by atoms with Crippen molar-refractivity contribution in [2.24, 2.45) is 0 Å². The maximum atomic E-state index is 5.57. The number of nitrogens with zero attached hydrogens (tertiary/aromatic N) is 3. The Kier molecular flexibility index (Phi) is 5.32. The summed E-state index contributed by atoms with van der Waals surface area (Å²) in [6.07, 6.45) is 18.2. The number of ether oxygens (including phenoxy) is 1. The SMILES string of the molecule is C1=CC(c2ccc3nc(C4CCCCC4)c(CN4CCOCC4)n3c2)=CCC1. The number of rotatable bonds is 4. The van der Waals surface area contributed by atoms with E-state index in [1.807, 2.05) is 0 Å². The fraction of sp³-hybridized carbons (Fsp3) is 0.542. The molecule has 0 radical (unpaired) electrons. The third-order valence-corrected chi connectivity index (χ3v) is 6.55. The largest absolute Gasteiger partial charge is 0.379 e. The van der Waals surface area contributed by atoms with Crippen LogP contribution in [0.25, 0.3) is 11.2 Å². The van der Waals surface area contributed by atoms with Gasteiger partial charge in [-0.3, -0.25) is 4.90 Å². The lowest BCUT2D eigenvalue weighted by Crippen LogP contribution is -2.36. The molecular formula is C24H31N3O. The van der Waals surface area contributed by atoms with Crippen LogP contribution in [-0.4, -0.2) is 40.6 Å². The van der Waals surface area contributed by atoms with Crippen molar-refractivity contribution in [1.82, 2.24) is 14.3 Å². The second-order valence-electron chi connectivity index (χ2n) is 8.45. The summed E-state index contributed by atoms with van der Waals surface area (Å²) in [4.78, 5) is 7.69. The van der Waals surface area contributed by atoms with Crippen LogP contribution in [0.3, 0.4) is 0 Å². The van der Waals surface area contributed by atoms with E-state index in [1.54, 1.807) is 0 Å². The Bertz CT molecular complexity index is 883. The predicted octanol–water partition coefficient (Wildman–Crippen LogP) is 4.95. The molecule has 0 spiro atoms. The van der Waals surface area contributed by atoms with Crippen LogP contribution in [0.2, 0.25) is 0 Å². The Morgan fingerprint density at radius 3 is 2.68 bits per heavy atom. The van der Waals surface area contributed by atoms with Crippen LogP contribution in [0.5, 0.6) is 0 Å². The number of hydrogen-bond donors (Lipinski definition) is 0. The van der Waals surface area contributed by atoms with E-state index in [1.165, 1.54) is 54.6 Å². The molecule has 2 aromatic rings. The number of morpholine rings is 1. The van der Waals surface area contributed by atoms with Crippen LogP contribution in [0.1, 0.15) is 67.8 Å². The summed E-state index contributed by atoms with van der Waals surface area (Å²) in [5.41, 5.74) is 6.52. The molecule has 4 nitrogen and oxygen atoms in total. The van der Waals surface area contributed by atoms with Crippen LogP contribution >= 0.6 is 0 Å². The first-order valence-corrected chi connectivity index (χ1v) is 11.1. The Balaban J connectivity index is 1.55. The minimum Gasteiger partial charge on any atom is -0.379 e. The van der Waals surface area contributed by atoms with Crippen molar-refractivity contribution in [2.45, 2.75) is 57.4 Å². The van der Waals surface area contributed by atoms with Gasteiger partial charge in [0.2, 0.25) is 0 Å². The molecule has 3 heterocycles. The molecule has 148 valence electrons. The molecule has 2 aromatic heterocycles. The van der Waals surface area contributed by atoms with Gasteiger partial charge in [-0.25, -0.2) is 4.98 Å². The Labute approximate surface area is 167 Å². The molecule has 2 aliphatic carbocycles. The number of aromatic nitrogens is 2. The average molecular weight is 378 g/mol. The predicted molar refractivity (Wildman–Crippen MR) is 113 cm³/mol. The molecule has 2 fully saturated rings. The number of fused-ring (bicyclic) bond motifs is 1. The highest BCUT2D eigenvalue weighted by Gasteiger charge is 2.25. The topological polar surface area (TPSA) is 29.8 Å². The summed E-state index contributed by atoms with van der Waals surface area (Å²) in [6, 6.07) is 4.46. The first-order chi connectivity index (χ1) is 13.9. The molecule has 0 unspecified atom stereocenters. The van der Waals surface area contributed by atoms with E-state index < -0.39 is 0 Å². The molecule has 4 heteroatoms. The van der Waals surface area contributed by atoms with Crippen molar-refractivity contribution in [1.29, 1.82) is 0 Å². The highest BCUT2D eigenvalue weighted by atomic mass is 16.5. The van der Waals surface area contributed by atoms with Gasteiger partial charge in [0, 0.05) is 31.7 Å². The summed E-state index contributed by atoms with van der Waals surface area (Å²) in [5, 5.41) is 0. The van der Waals surface area contributed by atoms with Crippen molar-refractivity contribution < 1.29 is 4.74 Å². The zero-order chi connectivity index (χ0) is 18.8. The van der Waals surface area contributed by atoms with Crippen molar-refractivity contribution in [3.05, 3.63) is 53.5 Å². The Morgan fingerprint density at radius 1 is 1.04 bits per heavy atom. The van der Waals surface area contributed by atoms with Gasteiger partial charge in [0.05, 0.1) is 24.6 Å². The molecular weight excluding hydrogens is 346 g/mol. The molecule has 1 saturated carbocycles. The van der Waals surface area contributed by atoms with E-state index in [4.69, 9.17) is 9.72 Å². The molecule has 3 aliphatic rings. The van der Waals surface area contributed by atoms with Crippen LogP contribution in [0.4, 0.5) is 0 Å². The van der Waals surface area contributed by atoms with E-state index >= 15 is 0 Å². The highest BCUT2D eigenvalue weighted by Crippen LogP contribution is 2.35. The Hall–Kier alpha value is -1.91. The van der Waals surface area contributed by atoms with E-state index in [0.29, 0.717) is 5.92 Å². The molecule has 0 atom stereocenters. The van der Waals surface area contributed by atoms with Gasteiger partial charge in [0.15, 0.2) is 0 Å².